The Bertz CT molecular complexity index is 197. The Balaban J connectivity index is 4.28. The molecule has 0 heterocycles. The topological polar surface area (TPSA) is 26.3 Å². The molecule has 0 aliphatic rings. The highest BCUT2D eigenvalue weighted by Gasteiger charge is 2.29. The highest BCUT2D eigenvalue weighted by molar-refractivity contribution is 5.71. The summed E-state index contributed by atoms with van der Waals surface area (Å²) < 4.78 is 5.44. The summed E-state index contributed by atoms with van der Waals surface area (Å²) in [7, 11) is 0. The van der Waals surface area contributed by atoms with E-state index in [1.54, 1.807) is 0 Å². The maximum Gasteiger partial charge on any atom is 0.308 e. The third-order valence-corrected chi connectivity index (χ3v) is 1.80. The van der Waals surface area contributed by atoms with Gasteiger partial charge in [0.05, 0.1) is 5.92 Å². The molecule has 0 aromatic carbocycles. The van der Waals surface area contributed by atoms with Gasteiger partial charge in [0.1, 0.15) is 5.60 Å². The molecular formula is C12H24O2. The molecule has 84 valence electrons. The first-order valence-electron chi connectivity index (χ1n) is 5.26. The van der Waals surface area contributed by atoms with Crippen molar-refractivity contribution in [3.05, 3.63) is 0 Å². The number of ether oxygens (including phenoxy) is 1. The van der Waals surface area contributed by atoms with E-state index in [1.165, 1.54) is 0 Å². The Morgan fingerprint density at radius 1 is 1.14 bits per heavy atom. The second-order valence-electron chi connectivity index (χ2n) is 6.07. The highest BCUT2D eigenvalue weighted by Crippen LogP contribution is 2.29. The van der Waals surface area contributed by atoms with Gasteiger partial charge in [0.25, 0.3) is 0 Å². The molecule has 0 unspecified atom stereocenters. The molecule has 0 bridgehead atoms. The zero-order chi connectivity index (χ0) is 11.6. The van der Waals surface area contributed by atoms with Gasteiger partial charge in [-0.05, 0) is 25.7 Å². The van der Waals surface area contributed by atoms with Crippen molar-refractivity contribution in [1.29, 1.82) is 0 Å². The number of carbonyl (C=O) groups is 1. The minimum Gasteiger partial charge on any atom is -0.459 e. The fourth-order valence-electron chi connectivity index (χ4n) is 1.70. The van der Waals surface area contributed by atoms with Crippen molar-refractivity contribution in [2.75, 3.05) is 0 Å². The van der Waals surface area contributed by atoms with Gasteiger partial charge < -0.3 is 4.74 Å². The first-order valence-corrected chi connectivity index (χ1v) is 5.26. The minimum atomic E-state index is -0.362. The lowest BCUT2D eigenvalue weighted by molar-refractivity contribution is -0.162. The van der Waals surface area contributed by atoms with Crippen molar-refractivity contribution in [3.63, 3.8) is 0 Å². The molecule has 0 rings (SSSR count). The van der Waals surface area contributed by atoms with Crippen molar-refractivity contribution in [1.82, 2.24) is 0 Å². The summed E-state index contributed by atoms with van der Waals surface area (Å²) in [5.74, 6) is -0.159. The van der Waals surface area contributed by atoms with E-state index >= 15 is 0 Å². The molecule has 0 atom stereocenters. The molecule has 0 saturated carbocycles. The van der Waals surface area contributed by atoms with E-state index in [0.717, 1.165) is 6.42 Å². The van der Waals surface area contributed by atoms with Crippen LogP contribution in [0.3, 0.4) is 0 Å². The Labute approximate surface area is 88.0 Å². The maximum absolute atomic E-state index is 11.4. The van der Waals surface area contributed by atoms with Gasteiger partial charge in [-0.25, -0.2) is 0 Å². The molecule has 0 N–H and O–H groups in total. The molecule has 0 aliphatic carbocycles. The predicted octanol–water partition coefficient (Wildman–Crippen LogP) is 3.40. The lowest BCUT2D eigenvalue weighted by Gasteiger charge is -2.32. The van der Waals surface area contributed by atoms with Gasteiger partial charge in [0.2, 0.25) is 0 Å². The monoisotopic (exact) mass is 200 g/mol. The zero-order valence-electron chi connectivity index (χ0n) is 10.6. The number of esters is 1. The smallest absolute Gasteiger partial charge is 0.308 e. The largest absolute Gasteiger partial charge is 0.459 e. The molecule has 0 amide bonds. The summed E-state index contributed by atoms with van der Waals surface area (Å²) in [5.41, 5.74) is -0.180. The van der Waals surface area contributed by atoms with E-state index in [2.05, 4.69) is 20.8 Å². The van der Waals surface area contributed by atoms with E-state index in [4.69, 9.17) is 4.74 Å². The Morgan fingerprint density at radius 3 is 1.86 bits per heavy atom. The van der Waals surface area contributed by atoms with Gasteiger partial charge in [-0.2, -0.15) is 0 Å². The molecule has 0 aromatic rings. The van der Waals surface area contributed by atoms with Crippen molar-refractivity contribution < 1.29 is 9.53 Å². The summed E-state index contributed by atoms with van der Waals surface area (Å²) in [6, 6.07) is 0. The summed E-state index contributed by atoms with van der Waals surface area (Å²) in [4.78, 5) is 11.4. The lowest BCUT2D eigenvalue weighted by Crippen LogP contribution is -2.34. The first-order chi connectivity index (χ1) is 6.03. The average Bonchev–Trinajstić information content (AvgIpc) is 1.78. The molecule has 0 aliphatic heterocycles. The standard InChI is InChI=1S/C12H24O2/c1-9(2)10(13)14-12(6,7)8-11(3,4)5/h9H,8H2,1-7H3. The van der Waals surface area contributed by atoms with E-state index in [9.17, 15) is 4.79 Å². The lowest BCUT2D eigenvalue weighted by atomic mass is 9.83. The fraction of sp³-hybridized carbons (Fsp3) is 0.917. The van der Waals surface area contributed by atoms with Crippen LogP contribution >= 0.6 is 0 Å². The van der Waals surface area contributed by atoms with Gasteiger partial charge in [0.15, 0.2) is 0 Å². The molecular weight excluding hydrogens is 176 g/mol. The third-order valence-electron chi connectivity index (χ3n) is 1.80. The van der Waals surface area contributed by atoms with Gasteiger partial charge in [-0.3, -0.25) is 4.79 Å². The van der Waals surface area contributed by atoms with Crippen LogP contribution in [0.25, 0.3) is 0 Å². The van der Waals surface area contributed by atoms with Crippen LogP contribution in [0.1, 0.15) is 54.9 Å². The molecule has 0 radical (unpaired) electrons. The maximum atomic E-state index is 11.4. The molecule has 2 nitrogen and oxygen atoms in total. The van der Waals surface area contributed by atoms with Crippen molar-refractivity contribution >= 4 is 5.97 Å². The van der Waals surface area contributed by atoms with E-state index in [1.807, 2.05) is 27.7 Å². The summed E-state index contributed by atoms with van der Waals surface area (Å²) in [6.07, 6.45) is 0.873. The Morgan fingerprint density at radius 2 is 1.57 bits per heavy atom. The fourth-order valence-corrected chi connectivity index (χ4v) is 1.70. The van der Waals surface area contributed by atoms with E-state index in [-0.39, 0.29) is 22.9 Å². The number of hydrogen-bond donors (Lipinski definition) is 0. The van der Waals surface area contributed by atoms with Crippen LogP contribution in [-0.2, 0) is 9.53 Å². The number of rotatable bonds is 3. The van der Waals surface area contributed by atoms with Crippen LogP contribution < -0.4 is 0 Å². The SMILES string of the molecule is CC(C)C(=O)OC(C)(C)CC(C)(C)C. The van der Waals surface area contributed by atoms with Gasteiger partial charge in [0, 0.05) is 0 Å². The van der Waals surface area contributed by atoms with Crippen LogP contribution in [0.5, 0.6) is 0 Å². The van der Waals surface area contributed by atoms with Gasteiger partial charge in [-0.1, -0.05) is 34.6 Å². The molecule has 0 saturated heterocycles. The zero-order valence-corrected chi connectivity index (χ0v) is 10.6. The number of carbonyl (C=O) groups excluding carboxylic acids is 1. The third kappa shape index (κ3) is 6.01. The van der Waals surface area contributed by atoms with E-state index in [0.29, 0.717) is 0 Å². The van der Waals surface area contributed by atoms with Gasteiger partial charge >= 0.3 is 5.97 Å². The van der Waals surface area contributed by atoms with Crippen LogP contribution in [0.15, 0.2) is 0 Å². The summed E-state index contributed by atoms with van der Waals surface area (Å²) in [6.45, 7) is 14.1. The van der Waals surface area contributed by atoms with Crippen molar-refractivity contribution in [3.8, 4) is 0 Å². The highest BCUT2D eigenvalue weighted by atomic mass is 16.6. The number of hydrogen-bond acceptors (Lipinski definition) is 2. The summed E-state index contributed by atoms with van der Waals surface area (Å²) in [5, 5.41) is 0. The molecule has 0 spiro atoms. The minimum absolute atomic E-state index is 0.0470. The van der Waals surface area contributed by atoms with Crippen molar-refractivity contribution in [2.45, 2.75) is 60.5 Å². The first kappa shape index (κ1) is 13.5. The van der Waals surface area contributed by atoms with Crippen LogP contribution in [0, 0.1) is 11.3 Å². The van der Waals surface area contributed by atoms with Crippen molar-refractivity contribution in [2.24, 2.45) is 11.3 Å². The molecule has 0 aromatic heterocycles. The molecule has 0 fully saturated rings. The second-order valence-corrected chi connectivity index (χ2v) is 6.07. The van der Waals surface area contributed by atoms with Crippen LogP contribution in [0.4, 0.5) is 0 Å². The second kappa shape index (κ2) is 4.33. The molecule has 2 heteroatoms. The predicted molar refractivity (Wildman–Crippen MR) is 59.1 cm³/mol. The Hall–Kier alpha value is -0.530. The quantitative estimate of drug-likeness (QED) is 0.653. The average molecular weight is 200 g/mol. The van der Waals surface area contributed by atoms with Crippen LogP contribution in [0.2, 0.25) is 0 Å². The molecule has 14 heavy (non-hydrogen) atoms. The Kier molecular flexibility index (Phi) is 4.16. The van der Waals surface area contributed by atoms with Crippen LogP contribution in [-0.4, -0.2) is 11.6 Å². The summed E-state index contributed by atoms with van der Waals surface area (Å²) >= 11 is 0. The normalized spacial score (nSPS) is 13.1. The van der Waals surface area contributed by atoms with Gasteiger partial charge in [-0.15, -0.1) is 0 Å². The van der Waals surface area contributed by atoms with E-state index < -0.39 is 0 Å².